The number of piperidine rings is 1. The van der Waals surface area contributed by atoms with Crippen LogP contribution in [0.5, 0.6) is 0 Å². The van der Waals surface area contributed by atoms with Crippen LogP contribution < -0.4 is 0 Å². The second-order valence-electron chi connectivity index (χ2n) is 4.73. The highest BCUT2D eigenvalue weighted by molar-refractivity contribution is 5.93. The Bertz CT molecular complexity index is 518. The highest BCUT2D eigenvalue weighted by Crippen LogP contribution is 2.22. The van der Waals surface area contributed by atoms with E-state index in [1.54, 1.807) is 0 Å². The lowest BCUT2D eigenvalue weighted by atomic mass is 9.99. The molecule has 19 heavy (non-hydrogen) atoms. The molecule has 102 valence electrons. The van der Waals surface area contributed by atoms with Crippen molar-refractivity contribution in [2.45, 2.75) is 26.3 Å². The van der Waals surface area contributed by atoms with Crippen LogP contribution in [0.3, 0.4) is 0 Å². The van der Waals surface area contributed by atoms with Gasteiger partial charge in [0.1, 0.15) is 5.69 Å². The smallest absolute Gasteiger partial charge is 0.319 e. The van der Waals surface area contributed by atoms with Crippen molar-refractivity contribution in [3.8, 4) is 6.07 Å². The molecular formula is C13H15F2N3O. The Morgan fingerprint density at radius 3 is 2.89 bits per heavy atom. The third-order valence-electron chi connectivity index (χ3n) is 3.43. The molecule has 1 fully saturated rings. The summed E-state index contributed by atoms with van der Waals surface area (Å²) < 4.78 is 26.6. The lowest BCUT2D eigenvalue weighted by molar-refractivity contribution is 0.0525. The van der Waals surface area contributed by atoms with Crippen LogP contribution in [0.2, 0.25) is 0 Å². The summed E-state index contributed by atoms with van der Waals surface area (Å²) >= 11 is 0. The van der Waals surface area contributed by atoms with E-state index in [1.165, 1.54) is 24.0 Å². The van der Waals surface area contributed by atoms with Crippen LogP contribution in [0, 0.1) is 24.2 Å². The molecule has 0 spiro atoms. The molecule has 0 bridgehead atoms. The number of hydrogen-bond acceptors (Lipinski definition) is 2. The summed E-state index contributed by atoms with van der Waals surface area (Å²) in [4.78, 5) is 13.8. The van der Waals surface area contributed by atoms with E-state index in [0.717, 1.165) is 17.4 Å². The molecular weight excluding hydrogens is 252 g/mol. The molecule has 0 aliphatic carbocycles. The van der Waals surface area contributed by atoms with Crippen LogP contribution in [0.25, 0.3) is 0 Å². The molecule has 1 aliphatic rings. The Hall–Kier alpha value is -1.90. The number of halogens is 2. The van der Waals surface area contributed by atoms with Crippen molar-refractivity contribution in [1.82, 2.24) is 9.47 Å². The second-order valence-corrected chi connectivity index (χ2v) is 4.73. The average molecular weight is 267 g/mol. The van der Waals surface area contributed by atoms with E-state index in [-0.39, 0.29) is 11.6 Å². The van der Waals surface area contributed by atoms with Crippen LogP contribution in [-0.4, -0.2) is 28.5 Å². The standard InChI is InChI=1S/C13H15F2N3O/c1-9-4-5-11(18(9)13(14)15)12(19)17-6-2-3-10(7-16)8-17/h4-5,10,13H,2-3,6,8H2,1H3/t10-/m0/s1. The molecule has 1 aromatic rings. The molecule has 1 aromatic heterocycles. The summed E-state index contributed by atoms with van der Waals surface area (Å²) in [6.07, 6.45) is 1.49. The number of aryl methyl sites for hydroxylation is 1. The van der Waals surface area contributed by atoms with E-state index < -0.39 is 12.5 Å². The Balaban J connectivity index is 2.23. The fourth-order valence-corrected chi connectivity index (χ4v) is 2.41. The SMILES string of the molecule is Cc1ccc(C(=O)N2CCC[C@@H](C#N)C2)n1C(F)F. The largest absolute Gasteiger partial charge is 0.336 e. The molecule has 1 atom stereocenters. The highest BCUT2D eigenvalue weighted by atomic mass is 19.3. The topological polar surface area (TPSA) is 49.0 Å². The first-order valence-electron chi connectivity index (χ1n) is 6.19. The summed E-state index contributed by atoms with van der Waals surface area (Å²) in [5, 5.41) is 8.89. The van der Waals surface area contributed by atoms with Gasteiger partial charge in [0.2, 0.25) is 0 Å². The first-order valence-corrected chi connectivity index (χ1v) is 6.19. The molecule has 1 aliphatic heterocycles. The quantitative estimate of drug-likeness (QED) is 0.826. The molecule has 0 saturated carbocycles. The van der Waals surface area contributed by atoms with Gasteiger partial charge in [0, 0.05) is 18.8 Å². The minimum absolute atomic E-state index is 0.00825. The number of carbonyl (C=O) groups is 1. The fourth-order valence-electron chi connectivity index (χ4n) is 2.41. The Labute approximate surface area is 110 Å². The first-order chi connectivity index (χ1) is 9.04. The molecule has 2 rings (SSSR count). The molecule has 0 N–H and O–H groups in total. The maximum absolute atomic E-state index is 12.9. The van der Waals surface area contributed by atoms with E-state index in [1.807, 2.05) is 0 Å². The number of rotatable bonds is 2. The molecule has 4 nitrogen and oxygen atoms in total. The van der Waals surface area contributed by atoms with Gasteiger partial charge >= 0.3 is 6.55 Å². The van der Waals surface area contributed by atoms with Gasteiger partial charge in [0.15, 0.2) is 0 Å². The van der Waals surface area contributed by atoms with Crippen LogP contribution in [0.1, 0.15) is 35.6 Å². The van der Waals surface area contributed by atoms with E-state index >= 15 is 0 Å². The third-order valence-corrected chi connectivity index (χ3v) is 3.43. The van der Waals surface area contributed by atoms with Gasteiger partial charge in [0.05, 0.1) is 12.0 Å². The second kappa shape index (κ2) is 5.39. The summed E-state index contributed by atoms with van der Waals surface area (Å²) in [7, 11) is 0. The monoisotopic (exact) mass is 267 g/mol. The van der Waals surface area contributed by atoms with Crippen LogP contribution in [0.15, 0.2) is 12.1 Å². The molecule has 2 heterocycles. The maximum atomic E-state index is 12.9. The molecule has 1 amide bonds. The van der Waals surface area contributed by atoms with Crippen LogP contribution in [-0.2, 0) is 0 Å². The van der Waals surface area contributed by atoms with Gasteiger partial charge in [-0.25, -0.2) is 0 Å². The third kappa shape index (κ3) is 2.60. The van der Waals surface area contributed by atoms with Crippen LogP contribution in [0.4, 0.5) is 8.78 Å². The van der Waals surface area contributed by atoms with Gasteiger partial charge in [0.25, 0.3) is 5.91 Å². The minimum Gasteiger partial charge on any atom is -0.336 e. The van der Waals surface area contributed by atoms with Gasteiger partial charge in [-0.05, 0) is 31.9 Å². The van der Waals surface area contributed by atoms with E-state index in [2.05, 4.69) is 6.07 Å². The van der Waals surface area contributed by atoms with Gasteiger partial charge in [-0.3, -0.25) is 9.36 Å². The molecule has 6 heteroatoms. The fraction of sp³-hybridized carbons (Fsp3) is 0.538. The summed E-state index contributed by atoms with van der Waals surface area (Å²) in [5.74, 6) is -0.623. The van der Waals surface area contributed by atoms with E-state index in [4.69, 9.17) is 5.26 Å². The normalized spacial score (nSPS) is 19.5. The minimum atomic E-state index is -2.73. The zero-order valence-electron chi connectivity index (χ0n) is 10.6. The number of alkyl halides is 2. The molecule has 0 aromatic carbocycles. The Morgan fingerprint density at radius 2 is 2.26 bits per heavy atom. The highest BCUT2D eigenvalue weighted by Gasteiger charge is 2.27. The van der Waals surface area contributed by atoms with Gasteiger partial charge in [-0.15, -0.1) is 0 Å². The average Bonchev–Trinajstić information content (AvgIpc) is 2.80. The number of amides is 1. The summed E-state index contributed by atoms with van der Waals surface area (Å²) in [5.41, 5.74) is 0.346. The van der Waals surface area contributed by atoms with Gasteiger partial charge < -0.3 is 4.90 Å². The van der Waals surface area contributed by atoms with Crippen molar-refractivity contribution in [2.75, 3.05) is 13.1 Å². The van der Waals surface area contributed by atoms with Crippen LogP contribution >= 0.6 is 0 Å². The number of hydrogen-bond donors (Lipinski definition) is 0. The van der Waals surface area contributed by atoms with Crippen molar-refractivity contribution in [1.29, 1.82) is 5.26 Å². The predicted octanol–water partition coefficient (Wildman–Crippen LogP) is 2.57. The van der Waals surface area contributed by atoms with Crippen molar-refractivity contribution in [2.24, 2.45) is 5.92 Å². The van der Waals surface area contributed by atoms with Crippen molar-refractivity contribution < 1.29 is 13.6 Å². The summed E-state index contributed by atoms with van der Waals surface area (Å²) in [6, 6.07) is 5.06. The number of carbonyl (C=O) groups excluding carboxylic acids is 1. The Kier molecular flexibility index (Phi) is 3.84. The number of nitriles is 1. The van der Waals surface area contributed by atoms with E-state index in [0.29, 0.717) is 18.8 Å². The number of likely N-dealkylation sites (tertiary alicyclic amines) is 1. The van der Waals surface area contributed by atoms with Crippen molar-refractivity contribution in [3.05, 3.63) is 23.5 Å². The zero-order valence-corrected chi connectivity index (χ0v) is 10.6. The van der Waals surface area contributed by atoms with Crippen molar-refractivity contribution >= 4 is 5.91 Å². The zero-order chi connectivity index (χ0) is 14.0. The lowest BCUT2D eigenvalue weighted by Crippen LogP contribution is -2.40. The first kappa shape index (κ1) is 13.5. The maximum Gasteiger partial charge on any atom is 0.319 e. The molecule has 0 radical (unpaired) electrons. The van der Waals surface area contributed by atoms with Crippen molar-refractivity contribution in [3.63, 3.8) is 0 Å². The Morgan fingerprint density at radius 1 is 1.53 bits per heavy atom. The van der Waals surface area contributed by atoms with Gasteiger partial charge in [-0.2, -0.15) is 14.0 Å². The summed E-state index contributed by atoms with van der Waals surface area (Å²) in [6.45, 7) is -0.352. The number of aromatic nitrogens is 1. The number of nitrogens with zero attached hydrogens (tertiary/aromatic N) is 3. The molecule has 0 unspecified atom stereocenters. The van der Waals surface area contributed by atoms with Gasteiger partial charge in [-0.1, -0.05) is 0 Å². The lowest BCUT2D eigenvalue weighted by Gasteiger charge is -2.29. The molecule has 1 saturated heterocycles. The predicted molar refractivity (Wildman–Crippen MR) is 64.7 cm³/mol. The van der Waals surface area contributed by atoms with E-state index in [9.17, 15) is 13.6 Å².